The lowest BCUT2D eigenvalue weighted by Crippen LogP contribution is -2.47. The number of fused-ring (bicyclic) bond motifs is 1. The van der Waals surface area contributed by atoms with E-state index >= 15 is 0 Å². The highest BCUT2D eigenvalue weighted by Crippen LogP contribution is 2.40. The van der Waals surface area contributed by atoms with Gasteiger partial charge in [-0.2, -0.15) is 0 Å². The first kappa shape index (κ1) is 21.1. The third kappa shape index (κ3) is 4.67. The number of carbonyl (C=O) groups excluding carboxylic acids is 2. The summed E-state index contributed by atoms with van der Waals surface area (Å²) in [7, 11) is 0. The number of aliphatic hydroxyl groups excluding tert-OH is 1. The summed E-state index contributed by atoms with van der Waals surface area (Å²) >= 11 is 0. The van der Waals surface area contributed by atoms with E-state index in [4.69, 9.17) is 9.47 Å². The zero-order chi connectivity index (χ0) is 21.0. The van der Waals surface area contributed by atoms with Crippen molar-refractivity contribution in [1.82, 2.24) is 0 Å². The topological polar surface area (TPSA) is 72.8 Å². The van der Waals surface area contributed by atoms with E-state index in [9.17, 15) is 14.7 Å². The number of hydrogen-bond acceptors (Lipinski definition) is 5. The molecule has 1 N–H and O–H groups in total. The number of aliphatic hydroxyl groups is 1. The Morgan fingerprint density at radius 2 is 1.97 bits per heavy atom. The van der Waals surface area contributed by atoms with E-state index in [1.807, 2.05) is 25.1 Å². The number of aldehydes is 1. The van der Waals surface area contributed by atoms with E-state index in [0.29, 0.717) is 23.3 Å². The van der Waals surface area contributed by atoms with Crippen LogP contribution >= 0.6 is 0 Å². The number of benzene rings is 2. The quantitative estimate of drug-likeness (QED) is 0.536. The van der Waals surface area contributed by atoms with Gasteiger partial charge in [0, 0.05) is 6.07 Å². The summed E-state index contributed by atoms with van der Waals surface area (Å²) in [6.45, 7) is 5.10. The molecular formula is C24H28O5. The predicted molar refractivity (Wildman–Crippen MR) is 110 cm³/mol. The number of aryl methyl sites for hydroxylation is 1. The van der Waals surface area contributed by atoms with Crippen LogP contribution in [0.15, 0.2) is 42.5 Å². The number of ketones is 1. The van der Waals surface area contributed by atoms with Crippen molar-refractivity contribution in [2.75, 3.05) is 0 Å². The van der Waals surface area contributed by atoms with Crippen LogP contribution in [0.25, 0.3) is 0 Å². The van der Waals surface area contributed by atoms with Crippen LogP contribution in [0.5, 0.6) is 11.5 Å². The molecule has 0 saturated carbocycles. The minimum Gasteiger partial charge on any atom is -0.491 e. The van der Waals surface area contributed by atoms with Crippen molar-refractivity contribution < 1.29 is 24.2 Å². The Morgan fingerprint density at radius 3 is 2.62 bits per heavy atom. The maximum absolute atomic E-state index is 12.8. The fraction of sp³-hybridized carbons (Fsp3) is 0.417. The second-order valence-electron chi connectivity index (χ2n) is 8.10. The molecule has 2 aromatic rings. The van der Waals surface area contributed by atoms with Gasteiger partial charge in [0.2, 0.25) is 0 Å². The summed E-state index contributed by atoms with van der Waals surface area (Å²) in [5.41, 5.74) is 1.04. The van der Waals surface area contributed by atoms with Crippen LogP contribution in [-0.4, -0.2) is 28.9 Å². The van der Waals surface area contributed by atoms with Gasteiger partial charge in [-0.25, -0.2) is 0 Å². The Balaban J connectivity index is 1.72. The summed E-state index contributed by atoms with van der Waals surface area (Å²) in [5, 5.41) is 9.77. The number of Topliss-reactive ketones (excluding diaryl/α,β-unsaturated/α-hetero) is 1. The van der Waals surface area contributed by atoms with E-state index in [1.165, 1.54) is 5.56 Å². The first-order chi connectivity index (χ1) is 13.9. The Labute approximate surface area is 171 Å². The highest BCUT2D eigenvalue weighted by atomic mass is 16.5. The lowest BCUT2D eigenvalue weighted by molar-refractivity contribution is -0.114. The van der Waals surface area contributed by atoms with Crippen molar-refractivity contribution in [2.24, 2.45) is 5.92 Å². The zero-order valence-corrected chi connectivity index (χ0v) is 17.2. The van der Waals surface area contributed by atoms with E-state index in [1.54, 1.807) is 26.0 Å². The van der Waals surface area contributed by atoms with Gasteiger partial charge in [-0.05, 0) is 57.2 Å². The van der Waals surface area contributed by atoms with Gasteiger partial charge in [0.1, 0.15) is 29.3 Å². The predicted octanol–water partition coefficient (Wildman–Crippen LogP) is 4.14. The first-order valence-electron chi connectivity index (χ1n) is 10.0. The van der Waals surface area contributed by atoms with E-state index < -0.39 is 11.5 Å². The van der Waals surface area contributed by atoms with Crippen LogP contribution in [0.3, 0.4) is 0 Å². The summed E-state index contributed by atoms with van der Waals surface area (Å²) in [5.74, 6) is -0.314. The van der Waals surface area contributed by atoms with Crippen LogP contribution < -0.4 is 9.47 Å². The molecule has 0 fully saturated rings. The molecule has 0 aromatic heterocycles. The molecule has 0 spiro atoms. The van der Waals surface area contributed by atoms with E-state index in [2.05, 4.69) is 12.1 Å². The highest BCUT2D eigenvalue weighted by molar-refractivity contribution is 6.10. The molecule has 2 atom stereocenters. The average molecular weight is 396 g/mol. The average Bonchev–Trinajstić information content (AvgIpc) is 2.67. The molecule has 2 unspecified atom stereocenters. The largest absolute Gasteiger partial charge is 0.491 e. The van der Waals surface area contributed by atoms with Gasteiger partial charge < -0.3 is 19.4 Å². The monoisotopic (exact) mass is 396 g/mol. The molecule has 0 aliphatic carbocycles. The Hall–Kier alpha value is -2.66. The second-order valence-corrected chi connectivity index (χ2v) is 8.10. The fourth-order valence-electron chi connectivity index (χ4n) is 3.77. The van der Waals surface area contributed by atoms with Gasteiger partial charge in [0.15, 0.2) is 5.78 Å². The van der Waals surface area contributed by atoms with Gasteiger partial charge in [0.05, 0.1) is 18.3 Å². The number of hydrogen-bond donors (Lipinski definition) is 1. The van der Waals surface area contributed by atoms with Crippen molar-refractivity contribution >= 4 is 12.1 Å². The molecule has 3 rings (SSSR count). The zero-order valence-electron chi connectivity index (χ0n) is 17.2. The van der Waals surface area contributed by atoms with Crippen LogP contribution in [0, 0.1) is 5.92 Å². The molecule has 1 heterocycles. The molecule has 0 amide bonds. The summed E-state index contributed by atoms with van der Waals surface area (Å²) in [4.78, 5) is 24.2. The van der Waals surface area contributed by atoms with Gasteiger partial charge in [-0.3, -0.25) is 4.79 Å². The fourth-order valence-corrected chi connectivity index (χ4v) is 3.77. The molecule has 1 aliphatic heterocycles. The minimum absolute atomic E-state index is 0.0293. The van der Waals surface area contributed by atoms with Crippen LogP contribution in [-0.2, 0) is 17.8 Å². The highest BCUT2D eigenvalue weighted by Gasteiger charge is 2.44. The molecule has 5 nitrogen and oxygen atoms in total. The second kappa shape index (κ2) is 8.78. The lowest BCUT2D eigenvalue weighted by Gasteiger charge is -2.37. The first-order valence-corrected chi connectivity index (χ1v) is 10.0. The van der Waals surface area contributed by atoms with Crippen molar-refractivity contribution in [3.63, 3.8) is 0 Å². The molecule has 0 bridgehead atoms. The number of rotatable bonds is 8. The SMILES string of the molecule is CC(CCCc1ccccc1)Oc1cc(CO)c2c(c1)OC(C)(C)C(C=O)C2=O. The number of carbonyl (C=O) groups is 2. The van der Waals surface area contributed by atoms with Gasteiger partial charge in [-0.15, -0.1) is 0 Å². The maximum Gasteiger partial charge on any atom is 0.181 e. The minimum atomic E-state index is -0.946. The van der Waals surface area contributed by atoms with Crippen LogP contribution in [0.1, 0.15) is 55.1 Å². The van der Waals surface area contributed by atoms with Crippen molar-refractivity contribution in [3.8, 4) is 11.5 Å². The van der Waals surface area contributed by atoms with Gasteiger partial charge >= 0.3 is 0 Å². The molecule has 1 aliphatic rings. The molecule has 5 heteroatoms. The van der Waals surface area contributed by atoms with Crippen LogP contribution in [0.2, 0.25) is 0 Å². The molecule has 2 aromatic carbocycles. The molecule has 0 saturated heterocycles. The van der Waals surface area contributed by atoms with Crippen molar-refractivity contribution in [1.29, 1.82) is 0 Å². The number of ether oxygens (including phenoxy) is 2. The van der Waals surface area contributed by atoms with E-state index in [-0.39, 0.29) is 24.1 Å². The Kier molecular flexibility index (Phi) is 6.38. The third-order valence-electron chi connectivity index (χ3n) is 5.37. The van der Waals surface area contributed by atoms with Crippen LogP contribution in [0.4, 0.5) is 0 Å². The summed E-state index contributed by atoms with van der Waals surface area (Å²) in [6.07, 6.45) is 3.44. The lowest BCUT2D eigenvalue weighted by atomic mass is 9.81. The Morgan fingerprint density at radius 1 is 1.24 bits per heavy atom. The summed E-state index contributed by atoms with van der Waals surface area (Å²) in [6, 6.07) is 13.7. The van der Waals surface area contributed by atoms with Crippen molar-refractivity contribution in [2.45, 2.75) is 58.3 Å². The standard InChI is InChI=1S/C24H28O5/c1-16(8-7-11-17-9-5-4-6-10-17)28-19-12-18(14-25)22-21(13-19)29-24(2,3)20(15-26)23(22)27/h4-6,9-10,12-13,15-16,20,25H,7-8,11,14H2,1-3H3. The molecule has 154 valence electrons. The Bertz CT molecular complexity index is 872. The molecule has 29 heavy (non-hydrogen) atoms. The normalized spacial score (nSPS) is 18.5. The molecular weight excluding hydrogens is 368 g/mol. The van der Waals surface area contributed by atoms with E-state index in [0.717, 1.165) is 19.3 Å². The third-order valence-corrected chi connectivity index (χ3v) is 5.37. The smallest absolute Gasteiger partial charge is 0.181 e. The maximum atomic E-state index is 12.8. The molecule has 0 radical (unpaired) electrons. The summed E-state index contributed by atoms with van der Waals surface area (Å²) < 4.78 is 12.0. The van der Waals surface area contributed by atoms with Gasteiger partial charge in [0.25, 0.3) is 0 Å². The van der Waals surface area contributed by atoms with Crippen molar-refractivity contribution in [3.05, 3.63) is 59.2 Å². The van der Waals surface area contributed by atoms with Gasteiger partial charge in [-0.1, -0.05) is 30.3 Å².